The second-order valence-electron chi connectivity index (χ2n) is 9.77. The zero-order valence-electron chi connectivity index (χ0n) is 23.8. The molecule has 41 heavy (non-hydrogen) atoms. The predicted octanol–water partition coefficient (Wildman–Crippen LogP) is 5.88. The largest absolute Gasteiger partial charge is 0.497 e. The highest BCUT2D eigenvalue weighted by Gasteiger charge is 2.27. The summed E-state index contributed by atoms with van der Waals surface area (Å²) in [5, 5.41) is 0. The molecule has 1 aliphatic rings. The van der Waals surface area contributed by atoms with Gasteiger partial charge in [-0.15, -0.1) is 0 Å². The quantitative estimate of drug-likeness (QED) is 0.267. The number of methoxy groups -OCH3 is 2. The molecule has 1 saturated heterocycles. The monoisotopic (exact) mass is 554 g/mol. The van der Waals surface area contributed by atoms with Crippen molar-refractivity contribution in [2.75, 3.05) is 50.3 Å². The zero-order chi connectivity index (χ0) is 28.8. The van der Waals surface area contributed by atoms with Gasteiger partial charge in [-0.3, -0.25) is 0 Å². The van der Waals surface area contributed by atoms with Crippen molar-refractivity contribution in [3.63, 3.8) is 0 Å². The van der Waals surface area contributed by atoms with Crippen LogP contribution in [0, 0.1) is 13.8 Å². The number of benzene rings is 3. The Kier molecular flexibility index (Phi) is 8.64. The Hall–Kier alpha value is -4.63. The number of carbonyl (C=O) groups excluding carboxylic acids is 1. The number of aryl methyl sites for hydroxylation is 2. The number of carbonyl (C=O) groups is 1. The third-order valence-corrected chi connectivity index (χ3v) is 7.04. The van der Waals surface area contributed by atoms with Gasteiger partial charge in [-0.25, -0.2) is 19.7 Å². The normalized spacial score (nSPS) is 13.0. The lowest BCUT2D eigenvalue weighted by molar-refractivity contribution is 0.122. The Morgan fingerprint density at radius 2 is 1.66 bits per heavy atom. The van der Waals surface area contributed by atoms with E-state index < -0.39 is 6.09 Å². The Balaban J connectivity index is 1.46. The zero-order valence-corrected chi connectivity index (χ0v) is 23.8. The highest BCUT2D eigenvalue weighted by atomic mass is 16.6. The van der Waals surface area contributed by atoms with Gasteiger partial charge in [0.15, 0.2) is 0 Å². The van der Waals surface area contributed by atoms with Crippen LogP contribution in [0.25, 0.3) is 0 Å². The number of hydrogen-bond donors (Lipinski definition) is 0. The molecule has 9 heteroatoms. The van der Waals surface area contributed by atoms with Gasteiger partial charge in [0.2, 0.25) is 0 Å². The van der Waals surface area contributed by atoms with Gasteiger partial charge < -0.3 is 23.8 Å². The molecule has 3 aromatic carbocycles. The minimum absolute atomic E-state index is 0.361. The molecule has 5 rings (SSSR count). The van der Waals surface area contributed by atoms with Gasteiger partial charge in [0.25, 0.3) is 0 Å². The second-order valence-corrected chi connectivity index (χ2v) is 9.77. The molecule has 1 fully saturated rings. The highest BCUT2D eigenvalue weighted by molar-refractivity contribution is 5.98. The third kappa shape index (κ3) is 6.41. The molecule has 0 unspecified atom stereocenters. The molecule has 0 radical (unpaired) electrons. The van der Waals surface area contributed by atoms with E-state index in [1.807, 2.05) is 32.0 Å². The molecule has 0 saturated carbocycles. The first-order valence-electron chi connectivity index (χ1n) is 13.5. The molecule has 1 amide bonds. The van der Waals surface area contributed by atoms with E-state index in [1.54, 1.807) is 38.5 Å². The molecule has 0 spiro atoms. The third-order valence-electron chi connectivity index (χ3n) is 7.04. The highest BCUT2D eigenvalue weighted by Crippen LogP contribution is 2.37. The van der Waals surface area contributed by atoms with Crippen LogP contribution in [-0.2, 0) is 11.2 Å². The smallest absolute Gasteiger partial charge is 0.425 e. The van der Waals surface area contributed by atoms with E-state index in [0.29, 0.717) is 35.2 Å². The van der Waals surface area contributed by atoms with Crippen molar-refractivity contribution in [2.24, 2.45) is 0 Å². The summed E-state index contributed by atoms with van der Waals surface area (Å²) in [6.45, 7) is 7.07. The van der Waals surface area contributed by atoms with Crippen LogP contribution in [0.4, 0.5) is 22.0 Å². The van der Waals surface area contributed by atoms with Crippen molar-refractivity contribution in [1.29, 1.82) is 0 Å². The molecule has 0 atom stereocenters. The van der Waals surface area contributed by atoms with Crippen LogP contribution >= 0.6 is 0 Å². The SMILES string of the molecule is COc1ccc(N(C(=O)Oc2c(C)cccc2C)c2cc(Cc3ccc(N4CCOCC4)cc3)ncn2)c(OC)c1. The minimum atomic E-state index is -0.620. The number of morpholine rings is 1. The molecule has 9 nitrogen and oxygen atoms in total. The first-order valence-corrected chi connectivity index (χ1v) is 13.5. The molecule has 0 N–H and O–H groups in total. The molecule has 1 aliphatic heterocycles. The summed E-state index contributed by atoms with van der Waals surface area (Å²) in [4.78, 5) is 26.5. The molecule has 2 heterocycles. The number of amides is 1. The van der Waals surface area contributed by atoms with Crippen LogP contribution in [0.5, 0.6) is 17.2 Å². The van der Waals surface area contributed by atoms with Gasteiger partial charge in [0, 0.05) is 37.3 Å². The van der Waals surface area contributed by atoms with E-state index >= 15 is 0 Å². The van der Waals surface area contributed by atoms with E-state index in [9.17, 15) is 4.79 Å². The van der Waals surface area contributed by atoms with Crippen molar-refractivity contribution in [3.05, 3.63) is 95.4 Å². The summed E-state index contributed by atoms with van der Waals surface area (Å²) in [6, 6.07) is 21.2. The second kappa shape index (κ2) is 12.7. The van der Waals surface area contributed by atoms with E-state index in [-0.39, 0.29) is 0 Å². The summed E-state index contributed by atoms with van der Waals surface area (Å²) >= 11 is 0. The van der Waals surface area contributed by atoms with Crippen molar-refractivity contribution in [1.82, 2.24) is 9.97 Å². The molecule has 212 valence electrons. The Labute approximate surface area is 240 Å². The van der Waals surface area contributed by atoms with Crippen LogP contribution in [0.3, 0.4) is 0 Å². The average Bonchev–Trinajstić information content (AvgIpc) is 3.00. The Morgan fingerprint density at radius 3 is 2.34 bits per heavy atom. The number of anilines is 3. The topological polar surface area (TPSA) is 86.2 Å². The summed E-state index contributed by atoms with van der Waals surface area (Å²) < 4.78 is 22.4. The van der Waals surface area contributed by atoms with E-state index in [2.05, 4.69) is 39.1 Å². The lowest BCUT2D eigenvalue weighted by Gasteiger charge is -2.28. The molecular formula is C32H34N4O5. The summed E-state index contributed by atoms with van der Waals surface area (Å²) in [5.41, 5.74) is 5.19. The fourth-order valence-corrected chi connectivity index (χ4v) is 4.84. The van der Waals surface area contributed by atoms with Gasteiger partial charge in [-0.05, 0) is 54.8 Å². The van der Waals surface area contributed by atoms with Gasteiger partial charge in [0.05, 0.1) is 38.8 Å². The number of ether oxygens (including phenoxy) is 4. The Bertz CT molecular complexity index is 1480. The molecule has 0 aliphatic carbocycles. The summed E-state index contributed by atoms with van der Waals surface area (Å²) in [6.07, 6.45) is 1.41. The van der Waals surface area contributed by atoms with Crippen molar-refractivity contribution in [2.45, 2.75) is 20.3 Å². The predicted molar refractivity (Wildman–Crippen MR) is 158 cm³/mol. The van der Waals surface area contributed by atoms with Gasteiger partial charge in [-0.1, -0.05) is 30.3 Å². The fraction of sp³-hybridized carbons (Fsp3) is 0.281. The maximum atomic E-state index is 13.8. The van der Waals surface area contributed by atoms with Crippen LogP contribution in [0.2, 0.25) is 0 Å². The number of hydrogen-bond acceptors (Lipinski definition) is 8. The molecular weight excluding hydrogens is 520 g/mol. The average molecular weight is 555 g/mol. The van der Waals surface area contributed by atoms with Crippen molar-refractivity contribution < 1.29 is 23.7 Å². The van der Waals surface area contributed by atoms with Gasteiger partial charge in [-0.2, -0.15) is 0 Å². The van der Waals surface area contributed by atoms with Crippen molar-refractivity contribution in [3.8, 4) is 17.2 Å². The summed E-state index contributed by atoms with van der Waals surface area (Å²) in [7, 11) is 3.12. The number of nitrogens with zero attached hydrogens (tertiary/aromatic N) is 4. The van der Waals surface area contributed by atoms with Crippen LogP contribution in [0.15, 0.2) is 73.1 Å². The first-order chi connectivity index (χ1) is 20.0. The van der Waals surface area contributed by atoms with E-state index in [4.69, 9.17) is 18.9 Å². The van der Waals surface area contributed by atoms with Crippen LogP contribution in [0.1, 0.15) is 22.4 Å². The molecule has 0 bridgehead atoms. The lowest BCUT2D eigenvalue weighted by Crippen LogP contribution is -2.36. The molecule has 1 aromatic heterocycles. The number of rotatable bonds is 8. The fourth-order valence-electron chi connectivity index (χ4n) is 4.84. The van der Waals surface area contributed by atoms with E-state index in [1.165, 1.54) is 16.9 Å². The standard InChI is InChI=1S/C32H34N4O5/c1-22-6-5-7-23(2)31(22)41-32(37)36(28-13-12-27(38-3)20-29(28)39-4)30-19-25(33-21-34-30)18-24-8-10-26(11-9-24)35-14-16-40-17-15-35/h5-13,19-21H,14-18H2,1-4H3. The minimum Gasteiger partial charge on any atom is -0.497 e. The van der Waals surface area contributed by atoms with E-state index in [0.717, 1.165) is 48.7 Å². The first kappa shape index (κ1) is 27.9. The van der Waals surface area contributed by atoms with Crippen LogP contribution < -0.4 is 24.0 Å². The summed E-state index contributed by atoms with van der Waals surface area (Å²) in [5.74, 6) is 1.89. The Morgan fingerprint density at radius 1 is 0.927 bits per heavy atom. The van der Waals surface area contributed by atoms with Gasteiger partial charge in [0.1, 0.15) is 29.4 Å². The number of para-hydroxylation sites is 1. The number of aromatic nitrogens is 2. The van der Waals surface area contributed by atoms with Gasteiger partial charge >= 0.3 is 6.09 Å². The lowest BCUT2D eigenvalue weighted by atomic mass is 10.1. The maximum absolute atomic E-state index is 13.8. The maximum Gasteiger partial charge on any atom is 0.425 e. The van der Waals surface area contributed by atoms with Crippen LogP contribution in [-0.4, -0.2) is 56.6 Å². The van der Waals surface area contributed by atoms with Crippen molar-refractivity contribution >= 4 is 23.3 Å². The molecule has 4 aromatic rings.